The first-order valence-corrected chi connectivity index (χ1v) is 17.4. The zero-order chi connectivity index (χ0) is 34.6. The molecule has 4 fully saturated rings. The molecule has 0 bridgehead atoms. The smallest absolute Gasteiger partial charge is 0.187 e. The number of hydrogen-bond acceptors (Lipinski definition) is 11. The quantitative estimate of drug-likeness (QED) is 0.242. The van der Waals surface area contributed by atoms with Crippen LogP contribution in [0.1, 0.15) is 34.8 Å². The van der Waals surface area contributed by atoms with Gasteiger partial charge in [0.1, 0.15) is 48.8 Å². The van der Waals surface area contributed by atoms with E-state index < -0.39 is 74.0 Å². The maximum atomic E-state index is 11.9. The Labute approximate surface area is 296 Å². The van der Waals surface area contributed by atoms with Gasteiger partial charge in [-0.15, -0.1) is 0 Å². The standard InChI is InChI=1S/C40H42O11/c41-31-34(43-21-25-13-5-1-6-14-25)32-30(24-46-38(49-32)27-17-9-3-10-18-27)48-40(31)51-36-35(44-22-26-15-7-2-8-16-26)33-29(47-37(36)42)23-45-39(50-33)28-19-11-4-12-20-28/h1-20,29-42H,21-24H2/t29?,30?,31?,32-,33-,34+,35-,36?,37-,38?,39?,40+/m1/s1. The number of fused-ring (bicyclic) bond motifs is 2. The van der Waals surface area contributed by atoms with E-state index in [4.69, 9.17) is 42.6 Å². The van der Waals surface area contributed by atoms with Crippen molar-refractivity contribution in [2.24, 2.45) is 0 Å². The molecular weight excluding hydrogens is 656 g/mol. The monoisotopic (exact) mass is 698 g/mol. The van der Waals surface area contributed by atoms with Gasteiger partial charge in [0.05, 0.1) is 26.4 Å². The predicted molar refractivity (Wildman–Crippen MR) is 180 cm³/mol. The van der Waals surface area contributed by atoms with Gasteiger partial charge in [0.15, 0.2) is 25.2 Å². The Kier molecular flexibility index (Phi) is 10.8. The number of rotatable bonds is 10. The highest BCUT2D eigenvalue weighted by Gasteiger charge is 2.55. The number of benzene rings is 4. The minimum absolute atomic E-state index is 0.156. The summed E-state index contributed by atoms with van der Waals surface area (Å²) in [7, 11) is 0. The van der Waals surface area contributed by atoms with Crippen LogP contribution in [0.2, 0.25) is 0 Å². The molecule has 11 heteroatoms. The maximum absolute atomic E-state index is 11.9. The van der Waals surface area contributed by atoms with Crippen LogP contribution in [0.4, 0.5) is 0 Å². The molecule has 0 aliphatic carbocycles. The average Bonchev–Trinajstić information content (AvgIpc) is 3.19. The van der Waals surface area contributed by atoms with Crippen molar-refractivity contribution in [3.63, 3.8) is 0 Å². The molecule has 2 N–H and O–H groups in total. The van der Waals surface area contributed by atoms with Crippen molar-refractivity contribution in [1.29, 1.82) is 0 Å². The Morgan fingerprint density at radius 3 is 1.49 bits per heavy atom. The van der Waals surface area contributed by atoms with Crippen LogP contribution in [0.15, 0.2) is 121 Å². The first-order chi connectivity index (χ1) is 25.1. The van der Waals surface area contributed by atoms with Crippen LogP contribution in [0, 0.1) is 0 Å². The highest BCUT2D eigenvalue weighted by Crippen LogP contribution is 2.40. The molecule has 0 aromatic heterocycles. The van der Waals surface area contributed by atoms with Crippen molar-refractivity contribution in [2.75, 3.05) is 13.2 Å². The van der Waals surface area contributed by atoms with Gasteiger partial charge in [-0.25, -0.2) is 0 Å². The minimum Gasteiger partial charge on any atom is -0.385 e. The Hall–Kier alpha value is -3.56. The summed E-state index contributed by atoms with van der Waals surface area (Å²) >= 11 is 0. The summed E-state index contributed by atoms with van der Waals surface area (Å²) in [6.45, 7) is 0.753. The molecule has 0 saturated carbocycles. The van der Waals surface area contributed by atoms with Crippen molar-refractivity contribution < 1.29 is 52.8 Å². The summed E-state index contributed by atoms with van der Waals surface area (Å²) < 4.78 is 56.8. The van der Waals surface area contributed by atoms with Gasteiger partial charge in [-0.3, -0.25) is 0 Å². The summed E-state index contributed by atoms with van der Waals surface area (Å²) in [6, 6.07) is 38.6. The van der Waals surface area contributed by atoms with E-state index in [9.17, 15) is 10.2 Å². The number of aliphatic hydroxyl groups is 2. The van der Waals surface area contributed by atoms with E-state index >= 15 is 0 Å². The number of hydrogen-bond donors (Lipinski definition) is 2. The topological polar surface area (TPSA) is 124 Å². The van der Waals surface area contributed by atoms with Gasteiger partial charge in [0, 0.05) is 11.1 Å². The first kappa shape index (κ1) is 34.5. The molecule has 0 radical (unpaired) electrons. The lowest BCUT2D eigenvalue weighted by Crippen LogP contribution is -2.67. The molecule has 51 heavy (non-hydrogen) atoms. The van der Waals surface area contributed by atoms with Gasteiger partial charge in [0.25, 0.3) is 0 Å². The van der Waals surface area contributed by atoms with Crippen molar-refractivity contribution in [3.05, 3.63) is 144 Å². The van der Waals surface area contributed by atoms with E-state index in [0.29, 0.717) is 0 Å². The first-order valence-electron chi connectivity index (χ1n) is 17.4. The Bertz CT molecular complexity index is 1650. The SMILES string of the molecule is OC1[C@H](OC2[C@H](O)OC3COC(c4ccccc4)O[C@H]3[C@H]2OCc2ccccc2)OC2COC(c3ccccc3)O[C@H]2[C@H]1OCc1ccccc1. The van der Waals surface area contributed by atoms with Gasteiger partial charge in [-0.2, -0.15) is 0 Å². The molecule has 4 aromatic carbocycles. The van der Waals surface area contributed by atoms with E-state index in [0.717, 1.165) is 22.3 Å². The molecule has 4 heterocycles. The molecule has 4 aliphatic heterocycles. The third-order valence-electron chi connectivity index (χ3n) is 9.61. The maximum Gasteiger partial charge on any atom is 0.187 e. The number of ether oxygens (including phenoxy) is 9. The minimum atomic E-state index is -1.45. The zero-order valence-electron chi connectivity index (χ0n) is 27.9. The van der Waals surface area contributed by atoms with Crippen LogP contribution in [-0.2, 0) is 55.8 Å². The molecule has 4 aromatic rings. The van der Waals surface area contributed by atoms with Crippen molar-refractivity contribution in [1.82, 2.24) is 0 Å². The lowest BCUT2D eigenvalue weighted by molar-refractivity contribution is -0.407. The van der Waals surface area contributed by atoms with E-state index in [1.807, 2.05) is 121 Å². The molecule has 0 amide bonds. The van der Waals surface area contributed by atoms with Crippen LogP contribution in [0.25, 0.3) is 0 Å². The van der Waals surface area contributed by atoms with Crippen LogP contribution >= 0.6 is 0 Å². The summed E-state index contributed by atoms with van der Waals surface area (Å²) in [6.07, 6.45) is -10.9. The lowest BCUT2D eigenvalue weighted by atomic mass is 9.95. The van der Waals surface area contributed by atoms with E-state index in [2.05, 4.69) is 0 Å². The van der Waals surface area contributed by atoms with E-state index in [1.54, 1.807) is 0 Å². The fourth-order valence-corrected chi connectivity index (χ4v) is 7.01. The Balaban J connectivity index is 1.05. The van der Waals surface area contributed by atoms with Crippen molar-refractivity contribution in [2.45, 2.75) is 87.2 Å². The molecule has 4 aliphatic rings. The van der Waals surface area contributed by atoms with Crippen LogP contribution in [0.5, 0.6) is 0 Å². The predicted octanol–water partition coefficient (Wildman–Crippen LogP) is 4.57. The molecule has 12 atom stereocenters. The fraction of sp³-hybridized carbons (Fsp3) is 0.400. The normalized spacial score (nSPS) is 35.0. The van der Waals surface area contributed by atoms with Crippen LogP contribution in [0.3, 0.4) is 0 Å². The second kappa shape index (κ2) is 16.0. The van der Waals surface area contributed by atoms with Gasteiger partial charge < -0.3 is 52.8 Å². The van der Waals surface area contributed by atoms with E-state index in [-0.39, 0.29) is 26.4 Å². The molecule has 8 rings (SSSR count). The molecular formula is C40H42O11. The molecule has 0 spiro atoms. The Morgan fingerprint density at radius 2 is 0.961 bits per heavy atom. The summed E-state index contributed by atoms with van der Waals surface area (Å²) in [5, 5.41) is 23.4. The van der Waals surface area contributed by atoms with E-state index in [1.165, 1.54) is 0 Å². The van der Waals surface area contributed by atoms with Crippen molar-refractivity contribution in [3.8, 4) is 0 Å². The zero-order valence-corrected chi connectivity index (χ0v) is 27.9. The second-order valence-electron chi connectivity index (χ2n) is 13.1. The highest BCUT2D eigenvalue weighted by molar-refractivity contribution is 5.19. The van der Waals surface area contributed by atoms with Gasteiger partial charge in [-0.1, -0.05) is 121 Å². The fourth-order valence-electron chi connectivity index (χ4n) is 7.01. The largest absolute Gasteiger partial charge is 0.385 e. The second-order valence-corrected chi connectivity index (χ2v) is 13.1. The molecule has 268 valence electrons. The lowest BCUT2D eigenvalue weighted by Gasteiger charge is -2.51. The summed E-state index contributed by atoms with van der Waals surface area (Å²) in [4.78, 5) is 0. The van der Waals surface area contributed by atoms with Crippen LogP contribution < -0.4 is 0 Å². The van der Waals surface area contributed by atoms with Gasteiger partial charge in [-0.05, 0) is 11.1 Å². The molecule has 11 nitrogen and oxygen atoms in total. The van der Waals surface area contributed by atoms with Crippen LogP contribution in [-0.4, -0.2) is 84.8 Å². The molecule has 6 unspecified atom stereocenters. The van der Waals surface area contributed by atoms with Crippen molar-refractivity contribution >= 4 is 0 Å². The molecule has 4 saturated heterocycles. The number of aliphatic hydroxyl groups excluding tert-OH is 2. The summed E-state index contributed by atoms with van der Waals surface area (Å²) in [5.74, 6) is 0. The summed E-state index contributed by atoms with van der Waals surface area (Å²) in [5.41, 5.74) is 3.53. The third-order valence-corrected chi connectivity index (χ3v) is 9.61. The highest BCUT2D eigenvalue weighted by atomic mass is 16.8. The van der Waals surface area contributed by atoms with Gasteiger partial charge >= 0.3 is 0 Å². The van der Waals surface area contributed by atoms with Gasteiger partial charge in [0.2, 0.25) is 0 Å². The average molecular weight is 699 g/mol. The Morgan fingerprint density at radius 1 is 0.510 bits per heavy atom. The third kappa shape index (κ3) is 7.80.